The molecule has 3 aromatic rings. The molecule has 4 nitrogen and oxygen atoms in total. The molecule has 1 spiro atoms. The molecular weight excluding hydrogens is 441 g/mol. The van der Waals surface area contributed by atoms with Crippen LogP contribution in [0, 0.1) is 5.82 Å². The lowest BCUT2D eigenvalue weighted by molar-refractivity contribution is 0.0696. The zero-order valence-electron chi connectivity index (χ0n) is 20.2. The number of nitrogens with zero attached hydrogens (tertiary/aromatic N) is 1. The highest BCUT2D eigenvalue weighted by molar-refractivity contribution is 6.01. The first kappa shape index (κ1) is 23.3. The van der Waals surface area contributed by atoms with Crippen molar-refractivity contribution in [3.8, 4) is 0 Å². The molecule has 0 atom stereocenters. The summed E-state index contributed by atoms with van der Waals surface area (Å²) in [4.78, 5) is 24.8. The number of hydrogen-bond donors (Lipinski definition) is 1. The summed E-state index contributed by atoms with van der Waals surface area (Å²) >= 11 is 0. The molecule has 180 valence electrons. The lowest BCUT2D eigenvalue weighted by Gasteiger charge is -2.22. The largest absolute Gasteiger partial charge is 0.478 e. The third-order valence-corrected chi connectivity index (χ3v) is 7.74. The van der Waals surface area contributed by atoms with Gasteiger partial charge in [0.1, 0.15) is 5.82 Å². The molecule has 1 N–H and O–H groups in total. The lowest BCUT2D eigenvalue weighted by atomic mass is 9.95. The van der Waals surface area contributed by atoms with Crippen LogP contribution < -0.4 is 4.90 Å². The number of fused-ring (bicyclic) bond motifs is 2. The zero-order chi connectivity index (χ0) is 24.8. The van der Waals surface area contributed by atoms with Crippen molar-refractivity contribution >= 4 is 17.4 Å². The van der Waals surface area contributed by atoms with E-state index in [9.17, 15) is 14.0 Å². The van der Waals surface area contributed by atoms with Gasteiger partial charge in [-0.2, -0.15) is 0 Å². The molecule has 3 aromatic carbocycles. The first-order valence-electron chi connectivity index (χ1n) is 12.2. The molecule has 0 unspecified atom stereocenters. The van der Waals surface area contributed by atoms with E-state index in [1.54, 1.807) is 31.2 Å². The van der Waals surface area contributed by atoms with Crippen molar-refractivity contribution in [2.75, 3.05) is 11.4 Å². The average molecular weight is 472 g/mol. The quantitative estimate of drug-likeness (QED) is 0.431. The van der Waals surface area contributed by atoms with Crippen LogP contribution in [0.2, 0.25) is 0 Å². The molecule has 0 aromatic heterocycles. The van der Waals surface area contributed by atoms with Gasteiger partial charge < -0.3 is 10.0 Å². The summed E-state index contributed by atoms with van der Waals surface area (Å²) in [7, 11) is 0. The number of benzene rings is 3. The van der Waals surface area contributed by atoms with E-state index < -0.39 is 5.97 Å². The van der Waals surface area contributed by atoms with Gasteiger partial charge in [0, 0.05) is 24.1 Å². The van der Waals surface area contributed by atoms with E-state index in [1.165, 1.54) is 42.9 Å². The fourth-order valence-corrected chi connectivity index (χ4v) is 5.19. The van der Waals surface area contributed by atoms with Gasteiger partial charge in [-0.25, -0.2) is 9.18 Å². The fraction of sp³-hybridized carbons (Fsp3) is 0.333. The van der Waals surface area contributed by atoms with Gasteiger partial charge in [0.25, 0.3) is 0 Å². The maximum absolute atomic E-state index is 13.4. The highest BCUT2D eigenvalue weighted by Crippen LogP contribution is 2.57. The molecule has 1 heterocycles. The number of carboxylic acids is 1. The van der Waals surface area contributed by atoms with Gasteiger partial charge in [0.15, 0.2) is 5.78 Å². The summed E-state index contributed by atoms with van der Waals surface area (Å²) in [6.45, 7) is 5.41. The number of carboxylic acid groups (broad SMARTS) is 1. The fourth-order valence-electron chi connectivity index (χ4n) is 5.19. The Kier molecular flexibility index (Phi) is 5.74. The topological polar surface area (TPSA) is 57.6 Å². The number of aromatic carboxylic acids is 1. The summed E-state index contributed by atoms with van der Waals surface area (Å²) in [5.74, 6) is -0.968. The number of rotatable bonds is 5. The van der Waals surface area contributed by atoms with Crippen molar-refractivity contribution in [1.29, 1.82) is 0 Å². The molecule has 3 aliphatic rings. The van der Waals surface area contributed by atoms with Crippen molar-refractivity contribution in [2.24, 2.45) is 0 Å². The molecule has 35 heavy (non-hydrogen) atoms. The van der Waals surface area contributed by atoms with Gasteiger partial charge in [-0.3, -0.25) is 4.79 Å². The number of anilines is 1. The van der Waals surface area contributed by atoms with E-state index in [2.05, 4.69) is 17.9 Å². The van der Waals surface area contributed by atoms with Gasteiger partial charge in [-0.05, 0) is 85.0 Å². The molecule has 2 saturated carbocycles. The second-order valence-electron chi connectivity index (χ2n) is 10.5. The third kappa shape index (κ3) is 4.60. The summed E-state index contributed by atoms with van der Waals surface area (Å²) < 4.78 is 13.4. The van der Waals surface area contributed by atoms with Crippen LogP contribution in [0.5, 0.6) is 0 Å². The summed E-state index contributed by atoms with van der Waals surface area (Å²) in [5, 5.41) is 8.69. The molecule has 1 aliphatic heterocycles. The van der Waals surface area contributed by atoms with Crippen molar-refractivity contribution in [3.05, 3.63) is 100 Å². The second-order valence-corrected chi connectivity index (χ2v) is 10.5. The lowest BCUT2D eigenvalue weighted by Crippen LogP contribution is -2.24. The van der Waals surface area contributed by atoms with Gasteiger partial charge in [0.2, 0.25) is 0 Å². The van der Waals surface area contributed by atoms with Crippen LogP contribution in [-0.4, -0.2) is 23.4 Å². The Morgan fingerprint density at radius 1 is 0.971 bits per heavy atom. The monoisotopic (exact) mass is 471 g/mol. The van der Waals surface area contributed by atoms with Crippen LogP contribution in [0.3, 0.4) is 0 Å². The van der Waals surface area contributed by atoms with Crippen molar-refractivity contribution in [1.82, 2.24) is 0 Å². The molecule has 0 saturated heterocycles. The number of carbonyl (C=O) groups excluding carboxylic acids is 1. The summed E-state index contributed by atoms with van der Waals surface area (Å²) in [6, 6.07) is 20.0. The maximum Gasteiger partial charge on any atom is 0.335 e. The number of halogens is 1. The van der Waals surface area contributed by atoms with E-state index in [0.29, 0.717) is 17.5 Å². The standard InChI is InChI=1S/C19H18FNO.C11H12O2/c1-13(22)16-6-3-7-17-18(16)21(12-19(17)8-9-19)11-14-4-2-5-15(20)10-14;1-11(6-7-11)9-4-2-8(3-5-9)10(12)13/h2-7,10H,8-9,11-12H2,1H3;2-5H,6-7H2,1H3,(H,12,13). The van der Waals surface area contributed by atoms with Crippen LogP contribution in [-0.2, 0) is 17.4 Å². The van der Waals surface area contributed by atoms with Gasteiger partial charge >= 0.3 is 5.97 Å². The van der Waals surface area contributed by atoms with Crippen LogP contribution in [0.1, 0.15) is 76.9 Å². The SMILES string of the molecule is CC(=O)c1cccc2c1N(Cc1cccc(F)c1)CC21CC1.CC1(c2ccc(C(=O)O)cc2)CC1. The molecular formula is C30H30FNO3. The predicted molar refractivity (Wildman–Crippen MR) is 135 cm³/mol. The summed E-state index contributed by atoms with van der Waals surface area (Å²) in [6.07, 6.45) is 4.81. The number of Topliss-reactive ketones (excluding diaryl/α,β-unsaturated/α-hetero) is 1. The molecule has 6 rings (SSSR count). The van der Waals surface area contributed by atoms with E-state index in [1.807, 2.05) is 30.3 Å². The van der Waals surface area contributed by atoms with E-state index in [0.717, 1.165) is 23.4 Å². The summed E-state index contributed by atoms with van der Waals surface area (Å²) in [5.41, 5.74) is 6.30. The first-order valence-corrected chi connectivity index (χ1v) is 12.2. The minimum Gasteiger partial charge on any atom is -0.478 e. The Morgan fingerprint density at radius 3 is 2.23 bits per heavy atom. The Balaban J connectivity index is 0.000000166. The van der Waals surface area contributed by atoms with Crippen LogP contribution >= 0.6 is 0 Å². The minimum absolute atomic E-state index is 0.0961. The molecule has 2 aliphatic carbocycles. The first-order chi connectivity index (χ1) is 16.7. The second kappa shape index (κ2) is 8.63. The highest BCUT2D eigenvalue weighted by Gasteiger charge is 2.52. The molecule has 0 bridgehead atoms. The van der Waals surface area contributed by atoms with Gasteiger partial charge in [-0.15, -0.1) is 0 Å². The average Bonchev–Trinajstić information content (AvgIpc) is 3.75. The van der Waals surface area contributed by atoms with Gasteiger partial charge in [-0.1, -0.05) is 43.3 Å². The van der Waals surface area contributed by atoms with Crippen LogP contribution in [0.4, 0.5) is 10.1 Å². The number of hydrogen-bond acceptors (Lipinski definition) is 3. The normalized spacial score (nSPS) is 17.9. The van der Waals surface area contributed by atoms with E-state index >= 15 is 0 Å². The van der Waals surface area contributed by atoms with Crippen LogP contribution in [0.15, 0.2) is 66.7 Å². The Labute approximate surface area is 205 Å². The molecule has 0 radical (unpaired) electrons. The predicted octanol–water partition coefficient (Wildman–Crippen LogP) is 6.52. The molecule has 5 heteroatoms. The Hall–Kier alpha value is -3.47. The smallest absolute Gasteiger partial charge is 0.335 e. The molecule has 2 fully saturated rings. The maximum atomic E-state index is 13.4. The minimum atomic E-state index is -0.854. The van der Waals surface area contributed by atoms with Crippen molar-refractivity contribution in [2.45, 2.75) is 56.9 Å². The van der Waals surface area contributed by atoms with E-state index in [-0.39, 0.29) is 17.0 Å². The van der Waals surface area contributed by atoms with Gasteiger partial charge in [0.05, 0.1) is 11.3 Å². The number of para-hydroxylation sites is 1. The van der Waals surface area contributed by atoms with Crippen molar-refractivity contribution in [3.63, 3.8) is 0 Å². The highest BCUT2D eigenvalue weighted by atomic mass is 19.1. The number of carbonyl (C=O) groups is 2. The molecule has 0 amide bonds. The number of ketones is 1. The third-order valence-electron chi connectivity index (χ3n) is 7.74. The Bertz CT molecular complexity index is 1290. The Morgan fingerprint density at radius 2 is 1.66 bits per heavy atom. The zero-order valence-corrected chi connectivity index (χ0v) is 20.2. The van der Waals surface area contributed by atoms with E-state index in [4.69, 9.17) is 5.11 Å². The van der Waals surface area contributed by atoms with Crippen LogP contribution in [0.25, 0.3) is 0 Å². The van der Waals surface area contributed by atoms with Crippen molar-refractivity contribution < 1.29 is 19.1 Å².